The van der Waals surface area contributed by atoms with Gasteiger partial charge in [-0.05, 0) is 11.6 Å². The standard InChI is InChI=1S/C17H20N2O2/c1-17(2,3)16(21)19-15-13(10-7-11-18-15)14(20)12-8-5-4-6-9-12/h4-11,14,20H,1-3H3,(H,18,19,21)/t14-/m1/s1. The fourth-order valence-corrected chi connectivity index (χ4v) is 1.85. The highest BCUT2D eigenvalue weighted by molar-refractivity contribution is 5.94. The monoisotopic (exact) mass is 284 g/mol. The van der Waals surface area contributed by atoms with Crippen LogP contribution in [0.5, 0.6) is 0 Å². The minimum atomic E-state index is -0.824. The third kappa shape index (κ3) is 3.67. The number of aromatic nitrogens is 1. The van der Waals surface area contributed by atoms with Crippen LogP contribution >= 0.6 is 0 Å². The van der Waals surface area contributed by atoms with Crippen LogP contribution in [0.1, 0.15) is 38.0 Å². The minimum Gasteiger partial charge on any atom is -0.384 e. The van der Waals surface area contributed by atoms with Gasteiger partial charge in [-0.15, -0.1) is 0 Å². The van der Waals surface area contributed by atoms with Crippen molar-refractivity contribution in [1.29, 1.82) is 0 Å². The molecule has 2 aromatic rings. The lowest BCUT2D eigenvalue weighted by atomic mass is 9.95. The number of aliphatic hydroxyl groups excluding tert-OH is 1. The zero-order valence-corrected chi connectivity index (χ0v) is 12.5. The number of nitrogens with one attached hydrogen (secondary N) is 1. The maximum Gasteiger partial charge on any atom is 0.230 e. The molecule has 0 bridgehead atoms. The van der Waals surface area contributed by atoms with E-state index in [1.165, 1.54) is 0 Å². The van der Waals surface area contributed by atoms with Gasteiger partial charge in [0.1, 0.15) is 11.9 Å². The summed E-state index contributed by atoms with van der Waals surface area (Å²) in [5.74, 6) is 0.261. The predicted molar refractivity (Wildman–Crippen MR) is 82.8 cm³/mol. The summed E-state index contributed by atoms with van der Waals surface area (Å²) in [5, 5.41) is 13.3. The molecular formula is C17H20N2O2. The molecular weight excluding hydrogens is 264 g/mol. The third-order valence-corrected chi connectivity index (χ3v) is 3.16. The Morgan fingerprint density at radius 3 is 2.43 bits per heavy atom. The maximum absolute atomic E-state index is 12.1. The second-order valence-corrected chi connectivity index (χ2v) is 5.96. The topological polar surface area (TPSA) is 62.2 Å². The smallest absolute Gasteiger partial charge is 0.230 e. The van der Waals surface area contributed by atoms with Gasteiger partial charge in [-0.25, -0.2) is 4.98 Å². The maximum atomic E-state index is 12.1. The SMILES string of the molecule is CC(C)(C)C(=O)Nc1ncccc1[C@H](O)c1ccccc1. The predicted octanol–water partition coefficient (Wildman–Crippen LogP) is 3.15. The summed E-state index contributed by atoms with van der Waals surface area (Å²) < 4.78 is 0. The first kappa shape index (κ1) is 15.2. The van der Waals surface area contributed by atoms with E-state index in [9.17, 15) is 9.90 Å². The van der Waals surface area contributed by atoms with Gasteiger partial charge in [-0.2, -0.15) is 0 Å². The summed E-state index contributed by atoms with van der Waals surface area (Å²) in [6.07, 6.45) is 0.773. The van der Waals surface area contributed by atoms with Gasteiger partial charge in [0.2, 0.25) is 5.91 Å². The van der Waals surface area contributed by atoms with E-state index in [1.54, 1.807) is 18.3 Å². The van der Waals surface area contributed by atoms with Gasteiger partial charge in [-0.3, -0.25) is 4.79 Å². The molecule has 0 aliphatic heterocycles. The van der Waals surface area contributed by atoms with Gasteiger partial charge in [0.25, 0.3) is 0 Å². The molecule has 1 atom stereocenters. The number of hydrogen-bond acceptors (Lipinski definition) is 3. The first-order valence-corrected chi connectivity index (χ1v) is 6.89. The number of hydrogen-bond donors (Lipinski definition) is 2. The van der Waals surface area contributed by atoms with Crippen molar-refractivity contribution in [3.63, 3.8) is 0 Å². The number of anilines is 1. The van der Waals surface area contributed by atoms with Crippen molar-refractivity contribution in [3.05, 3.63) is 59.8 Å². The lowest BCUT2D eigenvalue weighted by Crippen LogP contribution is -2.28. The van der Waals surface area contributed by atoms with Gasteiger partial charge >= 0.3 is 0 Å². The largest absolute Gasteiger partial charge is 0.384 e. The molecule has 4 heteroatoms. The van der Waals surface area contributed by atoms with Crippen LogP contribution in [0.3, 0.4) is 0 Å². The Balaban J connectivity index is 2.31. The quantitative estimate of drug-likeness (QED) is 0.910. The van der Waals surface area contributed by atoms with E-state index in [0.717, 1.165) is 5.56 Å². The summed E-state index contributed by atoms with van der Waals surface area (Å²) in [6, 6.07) is 12.8. The Kier molecular flexibility index (Phi) is 4.38. The van der Waals surface area contributed by atoms with Crippen LogP contribution in [-0.2, 0) is 4.79 Å². The molecule has 4 nitrogen and oxygen atoms in total. The molecule has 0 spiro atoms. The number of pyridine rings is 1. The Morgan fingerprint density at radius 1 is 1.14 bits per heavy atom. The summed E-state index contributed by atoms with van der Waals surface area (Å²) in [6.45, 7) is 5.50. The summed E-state index contributed by atoms with van der Waals surface area (Å²) in [5.41, 5.74) is 0.824. The zero-order chi connectivity index (χ0) is 15.5. The van der Waals surface area contributed by atoms with E-state index >= 15 is 0 Å². The summed E-state index contributed by atoms with van der Waals surface area (Å²) >= 11 is 0. The second-order valence-electron chi connectivity index (χ2n) is 5.96. The summed E-state index contributed by atoms with van der Waals surface area (Å²) in [4.78, 5) is 16.3. The first-order chi connectivity index (χ1) is 9.89. The fraction of sp³-hybridized carbons (Fsp3) is 0.294. The molecule has 21 heavy (non-hydrogen) atoms. The molecule has 1 aromatic heterocycles. The lowest BCUT2D eigenvalue weighted by Gasteiger charge is -2.20. The Bertz CT molecular complexity index is 618. The van der Waals surface area contributed by atoms with E-state index in [2.05, 4.69) is 10.3 Å². The van der Waals surface area contributed by atoms with E-state index in [-0.39, 0.29) is 5.91 Å². The Hall–Kier alpha value is -2.20. The van der Waals surface area contributed by atoms with Crippen LogP contribution in [0.25, 0.3) is 0 Å². The molecule has 1 heterocycles. The van der Waals surface area contributed by atoms with Gasteiger partial charge in [0.15, 0.2) is 0 Å². The number of nitrogens with zero attached hydrogens (tertiary/aromatic N) is 1. The molecule has 0 aliphatic carbocycles. The number of rotatable bonds is 3. The molecule has 0 unspecified atom stereocenters. The molecule has 1 aromatic carbocycles. The average Bonchev–Trinajstić information content (AvgIpc) is 2.47. The number of amides is 1. The summed E-state index contributed by atoms with van der Waals surface area (Å²) in [7, 11) is 0. The highest BCUT2D eigenvalue weighted by atomic mass is 16.3. The van der Waals surface area contributed by atoms with Crippen molar-refractivity contribution < 1.29 is 9.90 Å². The number of benzene rings is 1. The number of carbonyl (C=O) groups excluding carboxylic acids is 1. The van der Waals surface area contributed by atoms with Gasteiger partial charge in [0, 0.05) is 17.2 Å². The minimum absolute atomic E-state index is 0.136. The third-order valence-electron chi connectivity index (χ3n) is 3.16. The van der Waals surface area contributed by atoms with Crippen molar-refractivity contribution in [1.82, 2.24) is 4.98 Å². The molecule has 2 N–H and O–H groups in total. The molecule has 2 rings (SSSR count). The Labute approximate surface area is 124 Å². The van der Waals surface area contributed by atoms with E-state index in [4.69, 9.17) is 0 Å². The van der Waals surface area contributed by atoms with E-state index in [0.29, 0.717) is 11.4 Å². The van der Waals surface area contributed by atoms with Crippen LogP contribution in [0.15, 0.2) is 48.7 Å². The number of carbonyl (C=O) groups is 1. The van der Waals surface area contributed by atoms with Crippen LogP contribution in [0.2, 0.25) is 0 Å². The van der Waals surface area contributed by atoms with Gasteiger partial charge in [-0.1, -0.05) is 57.2 Å². The second kappa shape index (κ2) is 6.06. The molecule has 0 saturated heterocycles. The van der Waals surface area contributed by atoms with Gasteiger partial charge in [0.05, 0.1) is 0 Å². The first-order valence-electron chi connectivity index (χ1n) is 6.89. The fourth-order valence-electron chi connectivity index (χ4n) is 1.85. The Morgan fingerprint density at radius 2 is 1.81 bits per heavy atom. The van der Waals surface area contributed by atoms with E-state index in [1.807, 2.05) is 51.1 Å². The van der Waals surface area contributed by atoms with Crippen LogP contribution < -0.4 is 5.32 Å². The van der Waals surface area contributed by atoms with Crippen molar-refractivity contribution in [2.45, 2.75) is 26.9 Å². The molecule has 0 fully saturated rings. The van der Waals surface area contributed by atoms with Crippen LogP contribution in [0.4, 0.5) is 5.82 Å². The van der Waals surface area contributed by atoms with Crippen LogP contribution in [0, 0.1) is 5.41 Å². The van der Waals surface area contributed by atoms with E-state index < -0.39 is 11.5 Å². The van der Waals surface area contributed by atoms with Crippen molar-refractivity contribution in [2.75, 3.05) is 5.32 Å². The molecule has 110 valence electrons. The highest BCUT2D eigenvalue weighted by Crippen LogP contribution is 2.27. The molecule has 0 saturated carbocycles. The average molecular weight is 284 g/mol. The van der Waals surface area contributed by atoms with Crippen molar-refractivity contribution in [3.8, 4) is 0 Å². The number of aliphatic hydroxyl groups is 1. The van der Waals surface area contributed by atoms with Crippen molar-refractivity contribution in [2.24, 2.45) is 5.41 Å². The zero-order valence-electron chi connectivity index (χ0n) is 12.5. The molecule has 1 amide bonds. The molecule has 0 aliphatic rings. The normalized spacial score (nSPS) is 12.8. The van der Waals surface area contributed by atoms with Crippen molar-refractivity contribution >= 4 is 11.7 Å². The highest BCUT2D eigenvalue weighted by Gasteiger charge is 2.24. The van der Waals surface area contributed by atoms with Gasteiger partial charge < -0.3 is 10.4 Å². The lowest BCUT2D eigenvalue weighted by molar-refractivity contribution is -0.123. The van der Waals surface area contributed by atoms with Crippen LogP contribution in [-0.4, -0.2) is 16.0 Å². The molecule has 0 radical (unpaired) electrons.